The van der Waals surface area contributed by atoms with Gasteiger partial charge in [-0.2, -0.15) is 5.26 Å². The fourth-order valence-corrected chi connectivity index (χ4v) is 5.64. The van der Waals surface area contributed by atoms with E-state index < -0.39 is 0 Å². The Kier molecular flexibility index (Phi) is 6.24. The van der Waals surface area contributed by atoms with E-state index in [0.717, 1.165) is 60.3 Å². The Balaban J connectivity index is 1.67. The van der Waals surface area contributed by atoms with Gasteiger partial charge >= 0.3 is 0 Å². The van der Waals surface area contributed by atoms with Crippen molar-refractivity contribution in [3.05, 3.63) is 47.3 Å². The molecule has 1 amide bonds. The molecule has 2 saturated heterocycles. The van der Waals surface area contributed by atoms with E-state index in [9.17, 15) is 10.1 Å². The molecule has 2 aliphatic rings. The number of rotatable bonds is 4. The first-order chi connectivity index (χ1) is 16.9. The van der Waals surface area contributed by atoms with Crippen molar-refractivity contribution >= 4 is 22.7 Å². The topological polar surface area (TPSA) is 76.6 Å². The number of hydrogen-bond donors (Lipinski definition) is 0. The number of piperidine rings is 1. The molecule has 0 aliphatic carbocycles. The SMILES string of the molecule is CC(=O)N1CCC(c2nc3c(C#N)c(C)c(-c4ccccc4)c(N4CC[C@H](N(C)C)C4)c3o2)CC1. The van der Waals surface area contributed by atoms with E-state index in [1.54, 1.807) is 6.92 Å². The van der Waals surface area contributed by atoms with Gasteiger partial charge in [-0.25, -0.2) is 4.98 Å². The van der Waals surface area contributed by atoms with Crippen molar-refractivity contribution in [1.29, 1.82) is 5.26 Å². The molecule has 3 aromatic rings. The van der Waals surface area contributed by atoms with Crippen LogP contribution in [-0.4, -0.2) is 67.0 Å². The summed E-state index contributed by atoms with van der Waals surface area (Å²) in [5.41, 5.74) is 6.10. The number of amides is 1. The van der Waals surface area contributed by atoms with Crippen LogP contribution in [0.25, 0.3) is 22.2 Å². The highest BCUT2D eigenvalue weighted by molar-refractivity contribution is 6.02. The van der Waals surface area contributed by atoms with Crippen LogP contribution in [0.15, 0.2) is 34.7 Å². The zero-order chi connectivity index (χ0) is 24.7. The third kappa shape index (κ3) is 4.17. The second-order valence-electron chi connectivity index (χ2n) is 10.1. The van der Waals surface area contributed by atoms with Gasteiger partial charge in [0.25, 0.3) is 0 Å². The van der Waals surface area contributed by atoms with Crippen LogP contribution in [0.4, 0.5) is 5.69 Å². The number of carbonyl (C=O) groups excluding carboxylic acids is 1. The van der Waals surface area contributed by atoms with Gasteiger partial charge in [-0.3, -0.25) is 4.79 Å². The molecule has 2 aliphatic heterocycles. The van der Waals surface area contributed by atoms with Crippen molar-refractivity contribution in [3.63, 3.8) is 0 Å². The maximum absolute atomic E-state index is 11.8. The molecule has 0 saturated carbocycles. The molecule has 35 heavy (non-hydrogen) atoms. The van der Waals surface area contributed by atoms with Gasteiger partial charge in [0.1, 0.15) is 11.6 Å². The van der Waals surface area contributed by atoms with Gasteiger partial charge in [0.2, 0.25) is 5.91 Å². The monoisotopic (exact) mass is 471 g/mol. The number of hydrogen-bond acceptors (Lipinski definition) is 6. The fourth-order valence-electron chi connectivity index (χ4n) is 5.64. The minimum absolute atomic E-state index is 0.114. The summed E-state index contributed by atoms with van der Waals surface area (Å²) in [6.07, 6.45) is 2.72. The van der Waals surface area contributed by atoms with Crippen LogP contribution in [0.1, 0.15) is 49.1 Å². The molecule has 7 heteroatoms. The average Bonchev–Trinajstić information content (AvgIpc) is 3.52. The Bertz CT molecular complexity index is 1280. The largest absolute Gasteiger partial charge is 0.438 e. The number of anilines is 1. The number of carbonyl (C=O) groups is 1. The number of nitrogens with zero attached hydrogens (tertiary/aromatic N) is 5. The van der Waals surface area contributed by atoms with Gasteiger partial charge in [-0.05, 0) is 51.4 Å². The molecule has 5 rings (SSSR count). The summed E-state index contributed by atoms with van der Waals surface area (Å²) in [5.74, 6) is 0.947. The first kappa shape index (κ1) is 23.4. The van der Waals surface area contributed by atoms with Crippen LogP contribution in [0.2, 0.25) is 0 Å². The molecular formula is C28H33N5O2. The van der Waals surface area contributed by atoms with Crippen molar-refractivity contribution in [2.24, 2.45) is 0 Å². The summed E-state index contributed by atoms with van der Waals surface area (Å²) in [6, 6.07) is 13.2. The van der Waals surface area contributed by atoms with Crippen LogP contribution >= 0.6 is 0 Å². The highest BCUT2D eigenvalue weighted by Gasteiger charge is 2.33. The lowest BCUT2D eigenvalue weighted by Crippen LogP contribution is -2.36. The summed E-state index contributed by atoms with van der Waals surface area (Å²) in [5, 5.41) is 10.2. The van der Waals surface area contributed by atoms with E-state index in [-0.39, 0.29) is 11.8 Å². The predicted molar refractivity (Wildman–Crippen MR) is 137 cm³/mol. The summed E-state index contributed by atoms with van der Waals surface area (Å²) < 4.78 is 6.58. The third-order valence-corrected chi connectivity index (χ3v) is 7.76. The highest BCUT2D eigenvalue weighted by atomic mass is 16.3. The van der Waals surface area contributed by atoms with E-state index in [1.807, 2.05) is 30.0 Å². The van der Waals surface area contributed by atoms with Crippen molar-refractivity contribution in [3.8, 4) is 17.2 Å². The normalized spacial score (nSPS) is 19.0. The minimum atomic E-state index is 0.114. The van der Waals surface area contributed by atoms with E-state index in [4.69, 9.17) is 9.40 Å². The lowest BCUT2D eigenvalue weighted by molar-refractivity contribution is -0.129. The standard InChI is InChI=1S/C28H33N5O2/c1-18-23(16-29)25-27(35-28(30-25)21-10-13-32(14-11-21)19(2)34)26(24(18)20-8-6-5-7-9-20)33-15-12-22(17-33)31(3)4/h5-9,21-22H,10-15,17H2,1-4H3/t22-/m0/s1. The van der Waals surface area contributed by atoms with Gasteiger partial charge < -0.3 is 19.1 Å². The fraction of sp³-hybridized carbons (Fsp3) is 0.464. The zero-order valence-corrected chi connectivity index (χ0v) is 21.0. The van der Waals surface area contributed by atoms with Gasteiger partial charge in [-0.1, -0.05) is 30.3 Å². The number of fused-ring (bicyclic) bond motifs is 1. The molecular weight excluding hydrogens is 438 g/mol. The molecule has 1 aromatic heterocycles. The van der Waals surface area contributed by atoms with Crippen LogP contribution in [-0.2, 0) is 4.79 Å². The molecule has 1 atom stereocenters. The zero-order valence-electron chi connectivity index (χ0n) is 21.0. The van der Waals surface area contributed by atoms with Crippen LogP contribution in [0.3, 0.4) is 0 Å². The number of benzene rings is 2. The number of aromatic nitrogens is 1. The second kappa shape index (κ2) is 9.35. The lowest BCUT2D eigenvalue weighted by Gasteiger charge is -2.29. The third-order valence-electron chi connectivity index (χ3n) is 7.76. The molecule has 2 fully saturated rings. The van der Waals surface area contributed by atoms with E-state index in [2.05, 4.69) is 42.1 Å². The molecule has 3 heterocycles. The number of nitriles is 1. The molecule has 0 radical (unpaired) electrons. The molecule has 2 aromatic carbocycles. The Morgan fingerprint density at radius 3 is 2.46 bits per heavy atom. The smallest absolute Gasteiger partial charge is 0.219 e. The maximum Gasteiger partial charge on any atom is 0.219 e. The molecule has 0 bridgehead atoms. The number of oxazole rings is 1. The lowest BCUT2D eigenvalue weighted by atomic mass is 9.93. The molecule has 0 spiro atoms. The van der Waals surface area contributed by atoms with Crippen molar-refractivity contribution < 1.29 is 9.21 Å². The quantitative estimate of drug-likeness (QED) is 0.556. The first-order valence-electron chi connectivity index (χ1n) is 12.5. The summed E-state index contributed by atoms with van der Waals surface area (Å²) in [6.45, 7) is 6.90. The van der Waals surface area contributed by atoms with Crippen LogP contribution in [0.5, 0.6) is 0 Å². The van der Waals surface area contributed by atoms with E-state index in [1.165, 1.54) is 0 Å². The Labute approximate surface area is 206 Å². The van der Waals surface area contributed by atoms with E-state index >= 15 is 0 Å². The van der Waals surface area contributed by atoms with Gasteiger partial charge in [-0.15, -0.1) is 0 Å². The van der Waals surface area contributed by atoms with Crippen molar-refractivity contribution in [1.82, 2.24) is 14.8 Å². The van der Waals surface area contributed by atoms with Crippen LogP contribution < -0.4 is 4.90 Å². The van der Waals surface area contributed by atoms with Gasteiger partial charge in [0, 0.05) is 50.6 Å². The Morgan fingerprint density at radius 1 is 1.14 bits per heavy atom. The summed E-state index contributed by atoms with van der Waals surface area (Å²) >= 11 is 0. The molecule has 0 unspecified atom stereocenters. The summed E-state index contributed by atoms with van der Waals surface area (Å²) in [4.78, 5) is 23.3. The second-order valence-corrected chi connectivity index (χ2v) is 10.1. The van der Waals surface area contributed by atoms with Gasteiger partial charge in [0.15, 0.2) is 11.5 Å². The maximum atomic E-state index is 11.8. The van der Waals surface area contributed by atoms with Crippen LogP contribution in [0, 0.1) is 18.3 Å². The Morgan fingerprint density at radius 2 is 1.86 bits per heavy atom. The number of likely N-dealkylation sites (N-methyl/N-ethyl adjacent to an activating group) is 1. The predicted octanol–water partition coefficient (Wildman–Crippen LogP) is 4.54. The summed E-state index contributed by atoms with van der Waals surface area (Å²) in [7, 11) is 4.26. The Hall–Kier alpha value is -3.37. The van der Waals surface area contributed by atoms with Crippen molar-refractivity contribution in [2.45, 2.75) is 45.1 Å². The molecule has 182 valence electrons. The van der Waals surface area contributed by atoms with Gasteiger partial charge in [0.05, 0.1) is 11.3 Å². The number of likely N-dealkylation sites (tertiary alicyclic amines) is 1. The minimum Gasteiger partial charge on any atom is -0.438 e. The van der Waals surface area contributed by atoms with Crippen molar-refractivity contribution in [2.75, 3.05) is 45.2 Å². The van der Waals surface area contributed by atoms with E-state index in [0.29, 0.717) is 36.1 Å². The molecule has 0 N–H and O–H groups in total. The average molecular weight is 472 g/mol. The first-order valence-corrected chi connectivity index (χ1v) is 12.5. The highest BCUT2D eigenvalue weighted by Crippen LogP contribution is 2.45. The molecule has 7 nitrogen and oxygen atoms in total.